The molecule has 2 aromatic carbocycles. The molecule has 1 saturated heterocycles. The quantitative estimate of drug-likeness (QED) is 0.303. The number of aromatic nitrogens is 3. The third-order valence-corrected chi connectivity index (χ3v) is 7.53. The van der Waals surface area contributed by atoms with Gasteiger partial charge in [-0.15, -0.1) is 11.3 Å². The molecule has 0 spiro atoms. The molecule has 0 saturated carbocycles. The number of Topliss-reactive ketones (excluding diaryl/α,β-unsaturated/α-hetero) is 1. The van der Waals surface area contributed by atoms with E-state index in [1.807, 2.05) is 35.8 Å². The van der Waals surface area contributed by atoms with Crippen molar-refractivity contribution in [1.82, 2.24) is 14.5 Å². The van der Waals surface area contributed by atoms with Gasteiger partial charge in [0.2, 0.25) is 0 Å². The van der Waals surface area contributed by atoms with E-state index in [1.54, 1.807) is 52.4 Å². The highest BCUT2D eigenvalue weighted by molar-refractivity contribution is 7.14. The number of fused-ring (bicyclic) bond motifs is 1. The summed E-state index contributed by atoms with van der Waals surface area (Å²) < 4.78 is 7.21. The Morgan fingerprint density at radius 1 is 0.973 bits per heavy atom. The Bertz CT molecular complexity index is 1670. The summed E-state index contributed by atoms with van der Waals surface area (Å²) in [6.45, 7) is 4.46. The van der Waals surface area contributed by atoms with Crippen LogP contribution in [-0.4, -0.2) is 46.6 Å². The predicted molar refractivity (Wildman–Crippen MR) is 147 cm³/mol. The van der Waals surface area contributed by atoms with Crippen molar-refractivity contribution in [2.24, 2.45) is 0 Å². The number of carbonyl (C=O) groups excluding carboxylic acids is 1. The average Bonchev–Trinajstić information content (AvgIpc) is 3.43. The lowest BCUT2D eigenvalue weighted by Gasteiger charge is -2.30. The maximum Gasteiger partial charge on any atom is 0.266 e. The highest BCUT2D eigenvalue weighted by Crippen LogP contribution is 2.40. The number of anilines is 1. The lowest BCUT2D eigenvalue weighted by Crippen LogP contribution is -2.36. The predicted octanol–water partition coefficient (Wildman–Crippen LogP) is 5.22. The van der Waals surface area contributed by atoms with E-state index in [9.17, 15) is 9.59 Å². The van der Waals surface area contributed by atoms with Crippen LogP contribution < -0.4 is 10.5 Å². The van der Waals surface area contributed by atoms with Crippen LogP contribution >= 0.6 is 11.3 Å². The van der Waals surface area contributed by atoms with Gasteiger partial charge in [0.05, 0.1) is 46.6 Å². The Morgan fingerprint density at radius 2 is 1.76 bits per heavy atom. The summed E-state index contributed by atoms with van der Waals surface area (Å²) in [4.78, 5) is 38.3. The molecule has 1 aliphatic rings. The summed E-state index contributed by atoms with van der Waals surface area (Å²) >= 11 is 1.55. The number of carbonyl (C=O) groups is 1. The summed E-state index contributed by atoms with van der Waals surface area (Å²) in [5, 5.41) is 2.57. The van der Waals surface area contributed by atoms with E-state index >= 15 is 0 Å². The minimum Gasteiger partial charge on any atom is -0.378 e. The van der Waals surface area contributed by atoms with Crippen molar-refractivity contribution >= 4 is 33.7 Å². The molecule has 6 rings (SSSR count). The van der Waals surface area contributed by atoms with Gasteiger partial charge < -0.3 is 9.64 Å². The van der Waals surface area contributed by atoms with Gasteiger partial charge in [0.1, 0.15) is 0 Å². The Morgan fingerprint density at radius 3 is 2.54 bits per heavy atom. The van der Waals surface area contributed by atoms with Crippen LogP contribution in [0.2, 0.25) is 0 Å². The summed E-state index contributed by atoms with van der Waals surface area (Å²) in [5.74, 6) is 0.540. The van der Waals surface area contributed by atoms with Crippen molar-refractivity contribution < 1.29 is 9.53 Å². The average molecular weight is 509 g/mol. The molecule has 5 aromatic rings. The first-order valence-corrected chi connectivity index (χ1v) is 13.0. The van der Waals surface area contributed by atoms with Gasteiger partial charge in [0.25, 0.3) is 5.56 Å². The molecule has 0 unspecified atom stereocenters. The number of hydrogen-bond acceptors (Lipinski definition) is 7. The van der Waals surface area contributed by atoms with Crippen molar-refractivity contribution in [2.75, 3.05) is 31.2 Å². The van der Waals surface area contributed by atoms with Crippen LogP contribution in [0.5, 0.6) is 0 Å². The number of ether oxygens (including phenoxy) is 1. The molecule has 1 aliphatic heterocycles. The molecule has 184 valence electrons. The van der Waals surface area contributed by atoms with Crippen LogP contribution in [0.25, 0.3) is 38.4 Å². The maximum absolute atomic E-state index is 13.9. The SMILES string of the molecule is CC(=O)c1ccc(-n2c(-c3sccc3-c3ccncc3N3CCOCC3)nc3ccccc3c2=O)cc1. The number of ketones is 1. The van der Waals surface area contributed by atoms with Crippen LogP contribution in [0.15, 0.2) is 83.2 Å². The summed E-state index contributed by atoms with van der Waals surface area (Å²) in [5.41, 5.74) is 4.80. The molecule has 7 nitrogen and oxygen atoms in total. The normalized spacial score (nSPS) is 13.7. The number of hydrogen-bond donors (Lipinski definition) is 0. The molecule has 0 amide bonds. The number of benzene rings is 2. The van der Waals surface area contributed by atoms with E-state index in [0.29, 0.717) is 41.2 Å². The number of thiophene rings is 1. The van der Waals surface area contributed by atoms with Gasteiger partial charge in [-0.25, -0.2) is 4.98 Å². The Kier molecular flexibility index (Phi) is 6.12. The molecule has 0 radical (unpaired) electrons. The minimum atomic E-state index is -0.154. The van der Waals surface area contributed by atoms with E-state index in [4.69, 9.17) is 9.72 Å². The highest BCUT2D eigenvalue weighted by atomic mass is 32.1. The van der Waals surface area contributed by atoms with Gasteiger partial charge >= 0.3 is 0 Å². The standard InChI is InChI=1S/C29H24N4O3S/c1-19(34)20-6-8-21(9-7-20)33-28(31-25-5-3-2-4-24(25)29(33)35)27-23(11-17-37-27)22-10-12-30-18-26(22)32-13-15-36-16-14-32/h2-12,17-18H,13-16H2,1H3. The first-order valence-electron chi connectivity index (χ1n) is 12.1. The van der Waals surface area contributed by atoms with Crippen molar-refractivity contribution in [3.8, 4) is 27.5 Å². The van der Waals surface area contributed by atoms with Gasteiger partial charge in [-0.1, -0.05) is 12.1 Å². The monoisotopic (exact) mass is 508 g/mol. The van der Waals surface area contributed by atoms with E-state index in [0.717, 1.165) is 34.8 Å². The van der Waals surface area contributed by atoms with Crippen LogP contribution in [0, 0.1) is 0 Å². The molecule has 1 fully saturated rings. The fraction of sp³-hybridized carbons (Fsp3) is 0.172. The third kappa shape index (κ3) is 4.24. The number of rotatable bonds is 5. The zero-order chi connectivity index (χ0) is 25.4. The molecule has 8 heteroatoms. The molecular formula is C29H24N4O3S. The third-order valence-electron chi connectivity index (χ3n) is 6.62. The molecule has 4 heterocycles. The first kappa shape index (κ1) is 23.3. The number of nitrogens with zero attached hydrogens (tertiary/aromatic N) is 4. The second kappa shape index (κ2) is 9.72. The van der Waals surface area contributed by atoms with Gasteiger partial charge in [0, 0.05) is 36.0 Å². The highest BCUT2D eigenvalue weighted by Gasteiger charge is 2.22. The van der Waals surface area contributed by atoms with Crippen molar-refractivity contribution in [1.29, 1.82) is 0 Å². The van der Waals surface area contributed by atoms with Crippen LogP contribution in [0.4, 0.5) is 5.69 Å². The maximum atomic E-state index is 13.9. The van der Waals surface area contributed by atoms with Gasteiger partial charge in [-0.3, -0.25) is 19.1 Å². The second-order valence-electron chi connectivity index (χ2n) is 8.85. The molecule has 37 heavy (non-hydrogen) atoms. The lowest BCUT2D eigenvalue weighted by molar-refractivity contribution is 0.101. The van der Waals surface area contributed by atoms with Crippen molar-refractivity contribution in [2.45, 2.75) is 6.92 Å². The topological polar surface area (TPSA) is 77.3 Å². The summed E-state index contributed by atoms with van der Waals surface area (Å²) in [6, 6.07) is 18.6. The summed E-state index contributed by atoms with van der Waals surface area (Å²) in [7, 11) is 0. The first-order chi connectivity index (χ1) is 18.1. The number of morpholine rings is 1. The largest absolute Gasteiger partial charge is 0.378 e. The van der Waals surface area contributed by atoms with Crippen LogP contribution in [0.3, 0.4) is 0 Å². The second-order valence-corrected chi connectivity index (χ2v) is 9.77. The smallest absolute Gasteiger partial charge is 0.266 e. The zero-order valence-electron chi connectivity index (χ0n) is 20.3. The minimum absolute atomic E-state index is 0.0235. The van der Waals surface area contributed by atoms with Crippen molar-refractivity contribution in [3.05, 3.63) is 94.4 Å². The van der Waals surface area contributed by atoms with Gasteiger partial charge in [0.15, 0.2) is 11.6 Å². The van der Waals surface area contributed by atoms with Gasteiger partial charge in [-0.2, -0.15) is 0 Å². The molecule has 0 bridgehead atoms. The van der Waals surface area contributed by atoms with Crippen LogP contribution in [-0.2, 0) is 4.74 Å². The van der Waals surface area contributed by atoms with E-state index < -0.39 is 0 Å². The fourth-order valence-electron chi connectivity index (χ4n) is 4.73. The van der Waals surface area contributed by atoms with Crippen LogP contribution in [0.1, 0.15) is 17.3 Å². The van der Waals surface area contributed by atoms with Gasteiger partial charge in [-0.05, 0) is 60.8 Å². The molecule has 3 aromatic heterocycles. The number of para-hydroxylation sites is 1. The molecular weight excluding hydrogens is 484 g/mol. The van der Waals surface area contributed by atoms with E-state index in [-0.39, 0.29) is 11.3 Å². The Hall–Kier alpha value is -4.14. The Labute approximate surface area is 217 Å². The Balaban J connectivity index is 1.58. The number of pyridine rings is 1. The fourth-order valence-corrected chi connectivity index (χ4v) is 5.62. The van der Waals surface area contributed by atoms with E-state index in [1.165, 1.54) is 6.92 Å². The molecule has 0 N–H and O–H groups in total. The van der Waals surface area contributed by atoms with E-state index in [2.05, 4.69) is 16.0 Å². The zero-order valence-corrected chi connectivity index (χ0v) is 21.1. The van der Waals surface area contributed by atoms with Crippen molar-refractivity contribution in [3.63, 3.8) is 0 Å². The molecule has 0 atom stereocenters. The molecule has 0 aliphatic carbocycles. The lowest BCUT2D eigenvalue weighted by atomic mass is 10.0. The summed E-state index contributed by atoms with van der Waals surface area (Å²) in [6.07, 6.45) is 3.69.